The Labute approximate surface area is 86.0 Å². The molecule has 84 valence electrons. The van der Waals surface area contributed by atoms with Gasteiger partial charge < -0.3 is 14.8 Å². The Balaban J connectivity index is 3.62. The van der Waals surface area contributed by atoms with E-state index in [2.05, 4.69) is 5.32 Å². The zero-order chi connectivity index (χ0) is 10.8. The molecule has 0 aromatic heterocycles. The van der Waals surface area contributed by atoms with Gasteiger partial charge >= 0.3 is 5.97 Å². The summed E-state index contributed by atoms with van der Waals surface area (Å²) in [5.41, 5.74) is 0. The average Bonchev–Trinajstić information content (AvgIpc) is 2.18. The SMILES string of the molecule is CCOCCNC(CC)C(=O)OCC. The summed E-state index contributed by atoms with van der Waals surface area (Å²) < 4.78 is 10.1. The number of ether oxygens (including phenoxy) is 2. The predicted octanol–water partition coefficient (Wildman–Crippen LogP) is 0.954. The molecule has 0 aromatic rings. The van der Waals surface area contributed by atoms with Crippen molar-refractivity contribution >= 4 is 5.97 Å². The minimum atomic E-state index is -0.199. The molecular weight excluding hydrogens is 182 g/mol. The van der Waals surface area contributed by atoms with Crippen molar-refractivity contribution in [3.05, 3.63) is 0 Å². The Kier molecular flexibility index (Phi) is 8.57. The fraction of sp³-hybridized carbons (Fsp3) is 0.900. The van der Waals surface area contributed by atoms with Crippen LogP contribution in [0.1, 0.15) is 27.2 Å². The van der Waals surface area contributed by atoms with Crippen LogP contribution in [0.25, 0.3) is 0 Å². The molecule has 1 atom stereocenters. The largest absolute Gasteiger partial charge is 0.465 e. The summed E-state index contributed by atoms with van der Waals surface area (Å²) in [6.07, 6.45) is 0.741. The smallest absolute Gasteiger partial charge is 0.323 e. The van der Waals surface area contributed by atoms with Crippen LogP contribution in [0.4, 0.5) is 0 Å². The van der Waals surface area contributed by atoms with Crippen molar-refractivity contribution < 1.29 is 14.3 Å². The van der Waals surface area contributed by atoms with Gasteiger partial charge in [0.2, 0.25) is 0 Å². The molecule has 0 fully saturated rings. The number of hydrogen-bond donors (Lipinski definition) is 1. The van der Waals surface area contributed by atoms with Crippen molar-refractivity contribution in [2.75, 3.05) is 26.4 Å². The summed E-state index contributed by atoms with van der Waals surface area (Å²) in [4.78, 5) is 11.3. The maximum atomic E-state index is 11.3. The molecule has 0 saturated carbocycles. The van der Waals surface area contributed by atoms with Gasteiger partial charge in [-0.1, -0.05) is 6.92 Å². The van der Waals surface area contributed by atoms with Gasteiger partial charge in [0.25, 0.3) is 0 Å². The van der Waals surface area contributed by atoms with E-state index in [0.717, 1.165) is 6.42 Å². The Morgan fingerprint density at radius 3 is 2.50 bits per heavy atom. The standard InChI is InChI=1S/C10H21NO3/c1-4-9(10(12)14-6-3)11-7-8-13-5-2/h9,11H,4-8H2,1-3H3. The quantitative estimate of drug-likeness (QED) is 0.471. The molecule has 1 N–H and O–H groups in total. The molecule has 0 heterocycles. The maximum absolute atomic E-state index is 11.3. The molecule has 0 aliphatic rings. The summed E-state index contributed by atoms with van der Waals surface area (Å²) in [6, 6.07) is -0.199. The first-order valence-corrected chi connectivity index (χ1v) is 5.23. The van der Waals surface area contributed by atoms with Crippen molar-refractivity contribution in [2.24, 2.45) is 0 Å². The van der Waals surface area contributed by atoms with Gasteiger partial charge in [-0.25, -0.2) is 0 Å². The lowest BCUT2D eigenvalue weighted by Crippen LogP contribution is -2.39. The second-order valence-electron chi connectivity index (χ2n) is 2.86. The summed E-state index contributed by atoms with van der Waals surface area (Å²) in [6.45, 7) is 8.17. The average molecular weight is 203 g/mol. The van der Waals surface area contributed by atoms with Crippen molar-refractivity contribution in [1.29, 1.82) is 0 Å². The second kappa shape index (κ2) is 8.97. The zero-order valence-corrected chi connectivity index (χ0v) is 9.34. The molecule has 0 spiro atoms. The Morgan fingerprint density at radius 1 is 1.29 bits per heavy atom. The minimum absolute atomic E-state index is 0.175. The first-order chi connectivity index (χ1) is 6.76. The van der Waals surface area contributed by atoms with Crippen molar-refractivity contribution in [3.8, 4) is 0 Å². The molecule has 0 radical (unpaired) electrons. The molecule has 0 aliphatic carbocycles. The Bertz CT molecular complexity index is 150. The van der Waals surface area contributed by atoms with E-state index in [1.165, 1.54) is 0 Å². The highest BCUT2D eigenvalue weighted by Gasteiger charge is 2.15. The van der Waals surface area contributed by atoms with E-state index in [-0.39, 0.29) is 12.0 Å². The van der Waals surface area contributed by atoms with E-state index < -0.39 is 0 Å². The molecule has 14 heavy (non-hydrogen) atoms. The lowest BCUT2D eigenvalue weighted by molar-refractivity contribution is -0.145. The zero-order valence-electron chi connectivity index (χ0n) is 9.34. The van der Waals surface area contributed by atoms with Gasteiger partial charge in [0.15, 0.2) is 0 Å². The topological polar surface area (TPSA) is 47.6 Å². The molecule has 0 rings (SSSR count). The van der Waals surface area contributed by atoms with E-state index in [4.69, 9.17) is 9.47 Å². The number of rotatable bonds is 8. The lowest BCUT2D eigenvalue weighted by Gasteiger charge is -2.14. The lowest BCUT2D eigenvalue weighted by atomic mass is 10.2. The Hall–Kier alpha value is -0.610. The van der Waals surface area contributed by atoms with Crippen LogP contribution in [0, 0.1) is 0 Å². The summed E-state index contributed by atoms with van der Waals surface area (Å²) in [5, 5.41) is 3.09. The molecule has 0 bridgehead atoms. The summed E-state index contributed by atoms with van der Waals surface area (Å²) in [5.74, 6) is -0.175. The van der Waals surface area contributed by atoms with Gasteiger partial charge in [0.1, 0.15) is 6.04 Å². The van der Waals surface area contributed by atoms with Crippen molar-refractivity contribution in [1.82, 2.24) is 5.32 Å². The molecule has 0 amide bonds. The fourth-order valence-corrected chi connectivity index (χ4v) is 1.09. The van der Waals surface area contributed by atoms with Crippen LogP contribution in [0.3, 0.4) is 0 Å². The van der Waals surface area contributed by atoms with Gasteiger partial charge in [0.05, 0.1) is 13.2 Å². The van der Waals surface area contributed by atoms with Crippen LogP contribution in [0.5, 0.6) is 0 Å². The molecule has 0 aliphatic heterocycles. The maximum Gasteiger partial charge on any atom is 0.323 e. The second-order valence-corrected chi connectivity index (χ2v) is 2.86. The third-order valence-electron chi connectivity index (χ3n) is 1.82. The number of hydrogen-bond acceptors (Lipinski definition) is 4. The van der Waals surface area contributed by atoms with E-state index in [9.17, 15) is 4.79 Å². The summed E-state index contributed by atoms with van der Waals surface area (Å²) >= 11 is 0. The third kappa shape index (κ3) is 5.94. The van der Waals surface area contributed by atoms with E-state index >= 15 is 0 Å². The predicted molar refractivity (Wildman–Crippen MR) is 55.2 cm³/mol. The van der Waals surface area contributed by atoms with Crippen LogP contribution >= 0.6 is 0 Å². The van der Waals surface area contributed by atoms with Crippen molar-refractivity contribution in [2.45, 2.75) is 33.2 Å². The summed E-state index contributed by atoms with van der Waals surface area (Å²) in [7, 11) is 0. The highest BCUT2D eigenvalue weighted by Crippen LogP contribution is 1.94. The first kappa shape index (κ1) is 13.4. The molecule has 1 unspecified atom stereocenters. The normalized spacial score (nSPS) is 12.5. The van der Waals surface area contributed by atoms with Crippen LogP contribution in [-0.2, 0) is 14.3 Å². The molecule has 0 aromatic carbocycles. The van der Waals surface area contributed by atoms with Crippen molar-refractivity contribution in [3.63, 3.8) is 0 Å². The van der Waals surface area contributed by atoms with E-state index in [0.29, 0.717) is 26.4 Å². The molecule has 4 heteroatoms. The number of carbonyl (C=O) groups excluding carboxylic acids is 1. The van der Waals surface area contributed by atoms with Gasteiger partial charge in [-0.05, 0) is 20.3 Å². The highest BCUT2D eigenvalue weighted by atomic mass is 16.5. The highest BCUT2D eigenvalue weighted by molar-refractivity contribution is 5.75. The van der Waals surface area contributed by atoms with Gasteiger partial charge in [-0.2, -0.15) is 0 Å². The molecular formula is C10H21NO3. The van der Waals surface area contributed by atoms with Crippen LogP contribution in [0.2, 0.25) is 0 Å². The minimum Gasteiger partial charge on any atom is -0.465 e. The number of nitrogens with one attached hydrogen (secondary N) is 1. The monoisotopic (exact) mass is 203 g/mol. The third-order valence-corrected chi connectivity index (χ3v) is 1.82. The van der Waals surface area contributed by atoms with Crippen LogP contribution < -0.4 is 5.32 Å². The van der Waals surface area contributed by atoms with E-state index in [1.807, 2.05) is 20.8 Å². The number of esters is 1. The first-order valence-electron chi connectivity index (χ1n) is 5.23. The van der Waals surface area contributed by atoms with Gasteiger partial charge in [-0.3, -0.25) is 4.79 Å². The Morgan fingerprint density at radius 2 is 2.00 bits per heavy atom. The van der Waals surface area contributed by atoms with E-state index in [1.54, 1.807) is 0 Å². The molecule has 0 saturated heterocycles. The molecule has 4 nitrogen and oxygen atoms in total. The van der Waals surface area contributed by atoms with Gasteiger partial charge in [-0.15, -0.1) is 0 Å². The number of carbonyl (C=O) groups is 1. The fourth-order valence-electron chi connectivity index (χ4n) is 1.09. The van der Waals surface area contributed by atoms with Crippen LogP contribution in [-0.4, -0.2) is 38.4 Å². The van der Waals surface area contributed by atoms with Gasteiger partial charge in [0, 0.05) is 13.2 Å². The van der Waals surface area contributed by atoms with Crippen LogP contribution in [0.15, 0.2) is 0 Å².